The van der Waals surface area contributed by atoms with E-state index in [0.29, 0.717) is 11.3 Å². The Balaban J connectivity index is 1.41. The lowest BCUT2D eigenvalue weighted by Gasteiger charge is -2.15. The van der Waals surface area contributed by atoms with Crippen LogP contribution >= 0.6 is 0 Å². The van der Waals surface area contributed by atoms with E-state index in [1.165, 1.54) is 30.6 Å². The summed E-state index contributed by atoms with van der Waals surface area (Å²) in [4.78, 5) is 16.7. The average molecular weight is 462 g/mol. The van der Waals surface area contributed by atoms with Gasteiger partial charge >= 0.3 is 0 Å². The molecule has 0 spiro atoms. The summed E-state index contributed by atoms with van der Waals surface area (Å²) in [7, 11) is -3.75. The second-order valence-electron chi connectivity index (χ2n) is 7.62. The quantitative estimate of drug-likeness (QED) is 0.435. The molecule has 1 amide bonds. The van der Waals surface area contributed by atoms with Gasteiger partial charge < -0.3 is 5.32 Å². The van der Waals surface area contributed by atoms with Gasteiger partial charge in [0.05, 0.1) is 16.6 Å². The van der Waals surface area contributed by atoms with Gasteiger partial charge in [-0.1, -0.05) is 29.8 Å². The molecule has 0 aliphatic carbocycles. The number of hydrogen-bond acceptors (Lipinski definition) is 5. The number of aromatic nitrogens is 3. The summed E-state index contributed by atoms with van der Waals surface area (Å²) in [6.07, 6.45) is 3.08. The van der Waals surface area contributed by atoms with Crippen LogP contribution in [0.4, 0.5) is 5.69 Å². The molecule has 0 aliphatic heterocycles. The van der Waals surface area contributed by atoms with Gasteiger partial charge in [-0.3, -0.25) is 9.52 Å². The number of anilines is 1. The van der Waals surface area contributed by atoms with Crippen molar-refractivity contribution < 1.29 is 13.2 Å². The van der Waals surface area contributed by atoms with Gasteiger partial charge in [0, 0.05) is 11.3 Å². The van der Waals surface area contributed by atoms with Crippen LogP contribution in [0.25, 0.3) is 5.69 Å². The van der Waals surface area contributed by atoms with E-state index in [9.17, 15) is 13.2 Å². The van der Waals surface area contributed by atoms with Gasteiger partial charge in [-0.05, 0) is 67.9 Å². The van der Waals surface area contributed by atoms with Crippen LogP contribution in [0.15, 0.2) is 90.3 Å². The molecule has 0 saturated heterocycles. The van der Waals surface area contributed by atoms with Crippen molar-refractivity contribution in [2.24, 2.45) is 0 Å². The molecule has 168 valence electrons. The molecule has 2 N–H and O–H groups in total. The fraction of sp³-hybridized carbons (Fsp3) is 0.125. The van der Waals surface area contributed by atoms with Crippen molar-refractivity contribution in [2.45, 2.75) is 24.8 Å². The molecule has 33 heavy (non-hydrogen) atoms. The molecule has 0 bridgehead atoms. The third-order valence-electron chi connectivity index (χ3n) is 5.15. The summed E-state index contributed by atoms with van der Waals surface area (Å²) < 4.78 is 29.4. The Kier molecular flexibility index (Phi) is 6.23. The molecule has 1 unspecified atom stereocenters. The van der Waals surface area contributed by atoms with Crippen molar-refractivity contribution in [3.05, 3.63) is 102 Å². The standard InChI is InChI=1S/C24H23N5O3S/c1-17-3-9-21(10-4-17)28-33(31,32)23-13-7-20(8-14-23)24(30)27-18(2)19-5-11-22(12-6-19)29-16-25-15-26-29/h3-16,18,28H,1-2H3,(H,27,30). The zero-order chi connectivity index (χ0) is 23.4. The molecule has 1 atom stereocenters. The highest BCUT2D eigenvalue weighted by molar-refractivity contribution is 7.92. The fourth-order valence-corrected chi connectivity index (χ4v) is 4.30. The van der Waals surface area contributed by atoms with Crippen LogP contribution in [0.5, 0.6) is 0 Å². The largest absolute Gasteiger partial charge is 0.346 e. The Hall–Kier alpha value is -3.98. The van der Waals surface area contributed by atoms with Crippen molar-refractivity contribution in [1.82, 2.24) is 20.1 Å². The lowest BCUT2D eigenvalue weighted by Crippen LogP contribution is -2.26. The zero-order valence-electron chi connectivity index (χ0n) is 18.1. The van der Waals surface area contributed by atoms with E-state index >= 15 is 0 Å². The number of benzene rings is 3. The lowest BCUT2D eigenvalue weighted by molar-refractivity contribution is 0.0940. The summed E-state index contributed by atoms with van der Waals surface area (Å²) in [5.41, 5.74) is 3.68. The Labute approximate surface area is 192 Å². The number of sulfonamides is 1. The number of aryl methyl sites for hydroxylation is 1. The number of carbonyl (C=O) groups excluding carboxylic acids is 1. The summed E-state index contributed by atoms with van der Waals surface area (Å²) in [6, 6.07) is 20.3. The highest BCUT2D eigenvalue weighted by Crippen LogP contribution is 2.19. The highest BCUT2D eigenvalue weighted by atomic mass is 32.2. The second-order valence-corrected chi connectivity index (χ2v) is 9.31. The topological polar surface area (TPSA) is 106 Å². The van der Waals surface area contributed by atoms with E-state index in [2.05, 4.69) is 20.1 Å². The number of rotatable bonds is 7. The molecule has 0 radical (unpaired) electrons. The van der Waals surface area contributed by atoms with Gasteiger partial charge in [0.15, 0.2) is 0 Å². The Morgan fingerprint density at radius 2 is 1.61 bits per heavy atom. The number of nitrogens with one attached hydrogen (secondary N) is 2. The van der Waals surface area contributed by atoms with Crippen LogP contribution in [0.2, 0.25) is 0 Å². The summed E-state index contributed by atoms with van der Waals surface area (Å²) in [5.74, 6) is -0.293. The van der Waals surface area contributed by atoms with Crippen LogP contribution in [0, 0.1) is 6.92 Å². The fourth-order valence-electron chi connectivity index (χ4n) is 3.24. The lowest BCUT2D eigenvalue weighted by atomic mass is 10.1. The first kappa shape index (κ1) is 22.2. The first-order chi connectivity index (χ1) is 15.8. The van der Waals surface area contributed by atoms with Crippen molar-refractivity contribution in [2.75, 3.05) is 4.72 Å². The van der Waals surface area contributed by atoms with E-state index in [0.717, 1.165) is 16.8 Å². The van der Waals surface area contributed by atoms with Crippen molar-refractivity contribution >= 4 is 21.6 Å². The minimum atomic E-state index is -3.75. The van der Waals surface area contributed by atoms with Crippen LogP contribution < -0.4 is 10.0 Å². The maximum atomic E-state index is 12.7. The first-order valence-electron chi connectivity index (χ1n) is 10.3. The van der Waals surface area contributed by atoms with Crippen LogP contribution in [-0.2, 0) is 10.0 Å². The molecule has 8 nitrogen and oxygen atoms in total. The third kappa shape index (κ3) is 5.27. The predicted molar refractivity (Wildman–Crippen MR) is 126 cm³/mol. The molecule has 4 aromatic rings. The minimum absolute atomic E-state index is 0.0800. The summed E-state index contributed by atoms with van der Waals surface area (Å²) in [5, 5.41) is 7.02. The molecule has 9 heteroatoms. The van der Waals surface area contributed by atoms with E-state index in [4.69, 9.17) is 0 Å². The Morgan fingerprint density at radius 3 is 2.21 bits per heavy atom. The van der Waals surface area contributed by atoms with Gasteiger partial charge in [0.2, 0.25) is 0 Å². The van der Waals surface area contributed by atoms with E-state index in [1.54, 1.807) is 23.1 Å². The average Bonchev–Trinajstić information content (AvgIpc) is 3.36. The summed E-state index contributed by atoms with van der Waals surface area (Å²) in [6.45, 7) is 3.81. The number of hydrogen-bond donors (Lipinski definition) is 2. The number of amides is 1. The molecule has 3 aromatic carbocycles. The van der Waals surface area contributed by atoms with Crippen LogP contribution in [0.3, 0.4) is 0 Å². The van der Waals surface area contributed by atoms with Gasteiger partial charge in [-0.2, -0.15) is 5.10 Å². The molecule has 4 rings (SSSR count). The van der Waals surface area contributed by atoms with Gasteiger partial charge in [0.1, 0.15) is 12.7 Å². The molecule has 1 aromatic heterocycles. The van der Waals surface area contributed by atoms with Gasteiger partial charge in [0.25, 0.3) is 15.9 Å². The molecular formula is C24H23N5O3S. The molecule has 0 aliphatic rings. The monoisotopic (exact) mass is 461 g/mol. The van der Waals surface area contributed by atoms with Gasteiger partial charge in [-0.15, -0.1) is 0 Å². The predicted octanol–water partition coefficient (Wildman–Crippen LogP) is 3.87. The maximum absolute atomic E-state index is 12.7. The van der Waals surface area contributed by atoms with Crippen LogP contribution in [-0.4, -0.2) is 29.1 Å². The molecule has 0 fully saturated rings. The van der Waals surface area contributed by atoms with Crippen molar-refractivity contribution in [3.8, 4) is 5.69 Å². The van der Waals surface area contributed by atoms with Crippen molar-refractivity contribution in [1.29, 1.82) is 0 Å². The number of carbonyl (C=O) groups is 1. The molecular weight excluding hydrogens is 438 g/mol. The minimum Gasteiger partial charge on any atom is -0.346 e. The zero-order valence-corrected chi connectivity index (χ0v) is 19.0. The normalized spacial score (nSPS) is 12.2. The van der Waals surface area contributed by atoms with Gasteiger partial charge in [-0.25, -0.2) is 18.1 Å². The van der Waals surface area contributed by atoms with Crippen molar-refractivity contribution in [3.63, 3.8) is 0 Å². The maximum Gasteiger partial charge on any atom is 0.261 e. The molecule has 1 heterocycles. The van der Waals surface area contributed by atoms with Crippen LogP contribution in [0.1, 0.15) is 34.5 Å². The SMILES string of the molecule is Cc1ccc(NS(=O)(=O)c2ccc(C(=O)NC(C)c3ccc(-n4cncn4)cc3)cc2)cc1. The Bertz CT molecular complexity index is 1330. The van der Waals surface area contributed by atoms with E-state index in [-0.39, 0.29) is 16.8 Å². The van der Waals surface area contributed by atoms with E-state index in [1.807, 2.05) is 50.2 Å². The Morgan fingerprint density at radius 1 is 0.939 bits per heavy atom. The molecule has 0 saturated carbocycles. The van der Waals surface area contributed by atoms with E-state index < -0.39 is 10.0 Å². The second kappa shape index (κ2) is 9.25. The third-order valence-corrected chi connectivity index (χ3v) is 6.55. The highest BCUT2D eigenvalue weighted by Gasteiger charge is 2.16. The first-order valence-corrected chi connectivity index (χ1v) is 11.8. The smallest absolute Gasteiger partial charge is 0.261 e. The number of nitrogens with zero attached hydrogens (tertiary/aromatic N) is 3. The summed E-state index contributed by atoms with van der Waals surface area (Å²) >= 11 is 0.